The average Bonchev–Trinajstić information content (AvgIpc) is 2.87. The third-order valence-corrected chi connectivity index (χ3v) is 3.02. The molecule has 0 aliphatic rings. The Labute approximate surface area is 93.7 Å². The summed E-state index contributed by atoms with van der Waals surface area (Å²) in [7, 11) is 0. The highest BCUT2D eigenvalue weighted by Gasteiger charge is 1.99. The molecule has 0 aliphatic heterocycles. The van der Waals surface area contributed by atoms with Crippen molar-refractivity contribution in [3.8, 4) is 0 Å². The molecule has 0 atom stereocenters. The van der Waals surface area contributed by atoms with Crippen molar-refractivity contribution in [3.63, 3.8) is 0 Å². The predicted octanol–water partition coefficient (Wildman–Crippen LogP) is 2.10. The molecular weight excluding hydrogens is 206 g/mol. The van der Waals surface area contributed by atoms with E-state index in [1.807, 2.05) is 10.9 Å². The van der Waals surface area contributed by atoms with Gasteiger partial charge in [-0.15, -0.1) is 11.3 Å². The number of aromatic nitrogens is 2. The van der Waals surface area contributed by atoms with Gasteiger partial charge in [0.1, 0.15) is 0 Å². The highest BCUT2D eigenvalue weighted by molar-refractivity contribution is 7.09. The van der Waals surface area contributed by atoms with Crippen LogP contribution in [0.1, 0.15) is 17.4 Å². The molecule has 2 aromatic heterocycles. The van der Waals surface area contributed by atoms with Crippen LogP contribution in [0.25, 0.3) is 0 Å². The largest absolute Gasteiger partial charge is 0.313 e. The summed E-state index contributed by atoms with van der Waals surface area (Å²) in [6.07, 6.45) is 4.03. The maximum Gasteiger partial charge on any atom is 0.0752 e. The fourth-order valence-corrected chi connectivity index (χ4v) is 2.11. The Kier molecular flexibility index (Phi) is 3.53. The van der Waals surface area contributed by atoms with Gasteiger partial charge in [0, 0.05) is 23.2 Å². The van der Waals surface area contributed by atoms with E-state index in [-0.39, 0.29) is 0 Å². The van der Waals surface area contributed by atoms with Crippen molar-refractivity contribution in [2.45, 2.75) is 20.0 Å². The normalized spacial score (nSPS) is 10.7. The van der Waals surface area contributed by atoms with Gasteiger partial charge in [0.25, 0.3) is 0 Å². The van der Waals surface area contributed by atoms with Crippen LogP contribution in [0.3, 0.4) is 0 Å². The van der Waals surface area contributed by atoms with E-state index in [1.165, 1.54) is 10.4 Å². The van der Waals surface area contributed by atoms with Crippen LogP contribution in [0.2, 0.25) is 0 Å². The second-order valence-electron chi connectivity index (χ2n) is 3.41. The number of rotatable bonds is 5. The SMILES string of the molecule is CCNCc1cnn(Cc2cccs2)c1. The van der Waals surface area contributed by atoms with Gasteiger partial charge in [-0.2, -0.15) is 5.10 Å². The van der Waals surface area contributed by atoms with Crippen LogP contribution in [0.5, 0.6) is 0 Å². The lowest BCUT2D eigenvalue weighted by molar-refractivity contribution is 0.690. The van der Waals surface area contributed by atoms with Gasteiger partial charge < -0.3 is 5.32 Å². The quantitative estimate of drug-likeness (QED) is 0.838. The highest BCUT2D eigenvalue weighted by atomic mass is 32.1. The molecule has 80 valence electrons. The predicted molar refractivity (Wildman–Crippen MR) is 63.0 cm³/mol. The fourth-order valence-electron chi connectivity index (χ4n) is 1.42. The van der Waals surface area contributed by atoms with Crippen LogP contribution in [-0.4, -0.2) is 16.3 Å². The minimum Gasteiger partial charge on any atom is -0.313 e. The molecule has 2 heterocycles. The Bertz CT molecular complexity index is 392. The first-order valence-corrected chi connectivity index (χ1v) is 6.01. The molecule has 0 radical (unpaired) electrons. The van der Waals surface area contributed by atoms with Crippen LogP contribution >= 0.6 is 11.3 Å². The summed E-state index contributed by atoms with van der Waals surface area (Å²) in [6, 6.07) is 4.21. The molecule has 0 saturated carbocycles. The minimum atomic E-state index is 0.879. The maximum absolute atomic E-state index is 4.33. The van der Waals surface area contributed by atoms with Gasteiger partial charge in [-0.1, -0.05) is 13.0 Å². The maximum atomic E-state index is 4.33. The van der Waals surface area contributed by atoms with Gasteiger partial charge in [-0.25, -0.2) is 0 Å². The number of hydrogen-bond donors (Lipinski definition) is 1. The van der Waals surface area contributed by atoms with Gasteiger partial charge in [0.05, 0.1) is 12.7 Å². The van der Waals surface area contributed by atoms with E-state index in [0.717, 1.165) is 19.6 Å². The van der Waals surface area contributed by atoms with E-state index in [2.05, 4.69) is 41.0 Å². The van der Waals surface area contributed by atoms with Crippen molar-refractivity contribution < 1.29 is 0 Å². The standard InChI is InChI=1S/C11H15N3S/c1-2-12-6-10-7-13-14(8-10)9-11-4-3-5-15-11/h3-5,7-8,12H,2,6,9H2,1H3. The Hall–Kier alpha value is -1.13. The lowest BCUT2D eigenvalue weighted by Gasteiger charge is -1.98. The topological polar surface area (TPSA) is 29.9 Å². The molecule has 0 amide bonds. The molecule has 0 aromatic carbocycles. The lowest BCUT2D eigenvalue weighted by atomic mass is 10.3. The lowest BCUT2D eigenvalue weighted by Crippen LogP contribution is -2.11. The van der Waals surface area contributed by atoms with Crippen LogP contribution in [0.15, 0.2) is 29.9 Å². The van der Waals surface area contributed by atoms with Gasteiger partial charge in [-0.05, 0) is 18.0 Å². The first kappa shape index (κ1) is 10.4. The Morgan fingerprint density at radius 2 is 2.47 bits per heavy atom. The van der Waals surface area contributed by atoms with Gasteiger partial charge in [-0.3, -0.25) is 4.68 Å². The zero-order chi connectivity index (χ0) is 10.5. The van der Waals surface area contributed by atoms with Crippen molar-refractivity contribution in [1.82, 2.24) is 15.1 Å². The minimum absolute atomic E-state index is 0.879. The molecule has 0 fully saturated rings. The smallest absolute Gasteiger partial charge is 0.0752 e. The average molecular weight is 221 g/mol. The second-order valence-corrected chi connectivity index (χ2v) is 4.44. The molecule has 3 nitrogen and oxygen atoms in total. The van der Waals surface area contributed by atoms with Gasteiger partial charge in [0.2, 0.25) is 0 Å². The van der Waals surface area contributed by atoms with Crippen LogP contribution in [-0.2, 0) is 13.1 Å². The van der Waals surface area contributed by atoms with Crippen molar-refractivity contribution in [2.24, 2.45) is 0 Å². The van der Waals surface area contributed by atoms with Gasteiger partial charge in [0.15, 0.2) is 0 Å². The van der Waals surface area contributed by atoms with E-state index in [4.69, 9.17) is 0 Å². The Balaban J connectivity index is 1.95. The summed E-state index contributed by atoms with van der Waals surface area (Å²) >= 11 is 1.77. The molecule has 0 bridgehead atoms. The molecule has 0 saturated heterocycles. The molecule has 0 aliphatic carbocycles. The summed E-state index contributed by atoms with van der Waals surface area (Å²) in [5.41, 5.74) is 1.24. The van der Waals surface area contributed by atoms with E-state index in [1.54, 1.807) is 11.3 Å². The molecule has 4 heteroatoms. The molecule has 2 aromatic rings. The third-order valence-electron chi connectivity index (χ3n) is 2.16. The molecule has 0 unspecified atom stereocenters. The van der Waals surface area contributed by atoms with E-state index in [0.29, 0.717) is 0 Å². The zero-order valence-electron chi connectivity index (χ0n) is 8.81. The first-order chi connectivity index (χ1) is 7.38. The van der Waals surface area contributed by atoms with E-state index in [9.17, 15) is 0 Å². The van der Waals surface area contributed by atoms with Crippen molar-refractivity contribution >= 4 is 11.3 Å². The monoisotopic (exact) mass is 221 g/mol. The summed E-state index contributed by atoms with van der Waals surface area (Å²) in [6.45, 7) is 4.89. The first-order valence-electron chi connectivity index (χ1n) is 5.13. The van der Waals surface area contributed by atoms with Crippen molar-refractivity contribution in [2.75, 3.05) is 6.54 Å². The number of hydrogen-bond acceptors (Lipinski definition) is 3. The third kappa shape index (κ3) is 2.91. The second kappa shape index (κ2) is 5.09. The van der Waals surface area contributed by atoms with Crippen molar-refractivity contribution in [3.05, 3.63) is 40.3 Å². The highest BCUT2D eigenvalue weighted by Crippen LogP contribution is 2.10. The van der Waals surface area contributed by atoms with Crippen LogP contribution < -0.4 is 5.32 Å². The summed E-state index contributed by atoms with van der Waals surface area (Å²) in [5, 5.41) is 9.71. The van der Waals surface area contributed by atoms with E-state index >= 15 is 0 Å². The molecular formula is C11H15N3S. The molecule has 1 N–H and O–H groups in total. The summed E-state index contributed by atoms with van der Waals surface area (Å²) in [4.78, 5) is 1.34. The van der Waals surface area contributed by atoms with Crippen LogP contribution in [0, 0.1) is 0 Å². The van der Waals surface area contributed by atoms with Gasteiger partial charge >= 0.3 is 0 Å². The number of nitrogens with zero attached hydrogens (tertiary/aromatic N) is 2. The number of thiophene rings is 1. The summed E-state index contributed by atoms with van der Waals surface area (Å²) < 4.78 is 1.98. The molecule has 15 heavy (non-hydrogen) atoms. The summed E-state index contributed by atoms with van der Waals surface area (Å²) in [5.74, 6) is 0. The molecule has 2 rings (SSSR count). The van der Waals surface area contributed by atoms with Crippen LogP contribution in [0.4, 0.5) is 0 Å². The van der Waals surface area contributed by atoms with Crippen molar-refractivity contribution in [1.29, 1.82) is 0 Å². The zero-order valence-corrected chi connectivity index (χ0v) is 9.63. The molecule has 0 spiro atoms. The van der Waals surface area contributed by atoms with E-state index < -0.39 is 0 Å². The Morgan fingerprint density at radius 3 is 3.20 bits per heavy atom. The fraction of sp³-hybridized carbons (Fsp3) is 0.364. The number of nitrogens with one attached hydrogen (secondary N) is 1. The Morgan fingerprint density at radius 1 is 1.53 bits per heavy atom.